The molecule has 0 amide bonds. The molecule has 2 heterocycles. The second kappa shape index (κ2) is 7.21. The van der Waals surface area contributed by atoms with E-state index in [4.69, 9.17) is 6.42 Å². The molecule has 8 heteroatoms. The van der Waals surface area contributed by atoms with E-state index in [1.54, 1.807) is 23.1 Å². The van der Waals surface area contributed by atoms with Crippen molar-refractivity contribution in [3.05, 3.63) is 40.7 Å². The van der Waals surface area contributed by atoms with Crippen LogP contribution in [0.15, 0.2) is 30.6 Å². The molecule has 1 aromatic carbocycles. The maximum absolute atomic E-state index is 10.9. The molecular formula is C16H18N6O2. The standard InChI is InChI=1S/C16H18N6O2/c1-2-6-19-7-9-20(10-8-19)13-21-12-17-16(18-21)14-4-3-5-15(11-14)22(23)24/h1,3-5,11-12H,6-10,13H2. The molecule has 0 atom stereocenters. The first-order valence-electron chi connectivity index (χ1n) is 7.68. The van der Waals surface area contributed by atoms with Gasteiger partial charge in [0.15, 0.2) is 5.82 Å². The summed E-state index contributed by atoms with van der Waals surface area (Å²) in [6.07, 6.45) is 6.99. The number of hydrogen-bond donors (Lipinski definition) is 0. The molecule has 0 radical (unpaired) electrons. The minimum atomic E-state index is -0.420. The topological polar surface area (TPSA) is 80.3 Å². The van der Waals surface area contributed by atoms with Gasteiger partial charge in [0.25, 0.3) is 5.69 Å². The number of nitro benzene ring substituents is 1. The maximum Gasteiger partial charge on any atom is 0.270 e. The molecule has 0 N–H and O–H groups in total. The largest absolute Gasteiger partial charge is 0.290 e. The summed E-state index contributed by atoms with van der Waals surface area (Å²) in [6.45, 7) is 5.06. The lowest BCUT2D eigenvalue weighted by molar-refractivity contribution is -0.384. The van der Waals surface area contributed by atoms with Gasteiger partial charge in [-0.15, -0.1) is 11.5 Å². The van der Waals surface area contributed by atoms with Crippen LogP contribution in [0.5, 0.6) is 0 Å². The van der Waals surface area contributed by atoms with Crippen LogP contribution >= 0.6 is 0 Å². The number of benzene rings is 1. The summed E-state index contributed by atoms with van der Waals surface area (Å²) in [6, 6.07) is 6.35. The van der Waals surface area contributed by atoms with Gasteiger partial charge < -0.3 is 0 Å². The molecule has 24 heavy (non-hydrogen) atoms. The summed E-state index contributed by atoms with van der Waals surface area (Å²) in [4.78, 5) is 19.2. The summed E-state index contributed by atoms with van der Waals surface area (Å²) in [5.41, 5.74) is 0.676. The Kier molecular flexibility index (Phi) is 4.84. The van der Waals surface area contributed by atoms with E-state index in [2.05, 4.69) is 25.8 Å². The van der Waals surface area contributed by atoms with Crippen molar-refractivity contribution in [1.29, 1.82) is 0 Å². The van der Waals surface area contributed by atoms with E-state index in [1.807, 2.05) is 0 Å². The second-order valence-corrected chi connectivity index (χ2v) is 5.65. The zero-order valence-electron chi connectivity index (χ0n) is 13.2. The molecule has 2 aromatic rings. The Morgan fingerprint density at radius 1 is 1.25 bits per heavy atom. The average Bonchev–Trinajstić information content (AvgIpc) is 3.05. The molecule has 3 rings (SSSR count). The zero-order chi connectivity index (χ0) is 16.9. The van der Waals surface area contributed by atoms with E-state index in [9.17, 15) is 10.1 Å². The van der Waals surface area contributed by atoms with Crippen molar-refractivity contribution in [2.24, 2.45) is 0 Å². The number of non-ortho nitro benzene ring substituents is 1. The highest BCUT2D eigenvalue weighted by Crippen LogP contribution is 2.20. The van der Waals surface area contributed by atoms with Crippen LogP contribution in [0.2, 0.25) is 0 Å². The number of piperazine rings is 1. The fourth-order valence-electron chi connectivity index (χ4n) is 2.68. The number of nitro groups is 1. The highest BCUT2D eigenvalue weighted by molar-refractivity contribution is 5.58. The minimum absolute atomic E-state index is 0.0356. The lowest BCUT2D eigenvalue weighted by Gasteiger charge is -2.33. The van der Waals surface area contributed by atoms with Crippen molar-refractivity contribution in [3.63, 3.8) is 0 Å². The van der Waals surface area contributed by atoms with Crippen LogP contribution in [0.1, 0.15) is 0 Å². The lowest BCUT2D eigenvalue weighted by Crippen LogP contribution is -2.46. The van der Waals surface area contributed by atoms with Gasteiger partial charge in [-0.1, -0.05) is 18.1 Å². The third-order valence-corrected chi connectivity index (χ3v) is 3.98. The van der Waals surface area contributed by atoms with E-state index in [1.165, 1.54) is 12.1 Å². The molecule has 124 valence electrons. The van der Waals surface area contributed by atoms with E-state index in [0.29, 0.717) is 24.6 Å². The van der Waals surface area contributed by atoms with Gasteiger partial charge in [-0.25, -0.2) is 9.67 Å². The zero-order valence-corrected chi connectivity index (χ0v) is 13.2. The third-order valence-electron chi connectivity index (χ3n) is 3.98. The van der Waals surface area contributed by atoms with Crippen molar-refractivity contribution < 1.29 is 4.92 Å². The van der Waals surface area contributed by atoms with E-state index >= 15 is 0 Å². The van der Waals surface area contributed by atoms with Crippen molar-refractivity contribution in [3.8, 4) is 23.7 Å². The average molecular weight is 326 g/mol. The second-order valence-electron chi connectivity index (χ2n) is 5.65. The summed E-state index contributed by atoms with van der Waals surface area (Å²) >= 11 is 0. The molecule has 0 unspecified atom stereocenters. The summed E-state index contributed by atoms with van der Waals surface area (Å²) in [5, 5.41) is 15.3. The molecule has 1 fully saturated rings. The quantitative estimate of drug-likeness (QED) is 0.464. The van der Waals surface area contributed by atoms with Gasteiger partial charge in [0.1, 0.15) is 6.33 Å². The van der Waals surface area contributed by atoms with Crippen LogP contribution in [0.4, 0.5) is 5.69 Å². The fraction of sp³-hybridized carbons (Fsp3) is 0.375. The summed E-state index contributed by atoms with van der Waals surface area (Å²) in [5.74, 6) is 3.16. The first kappa shape index (κ1) is 16.1. The van der Waals surface area contributed by atoms with Crippen molar-refractivity contribution in [2.45, 2.75) is 6.67 Å². The molecule has 0 saturated carbocycles. The Labute approximate surface area is 139 Å². The van der Waals surface area contributed by atoms with Crippen LogP contribution in [0.25, 0.3) is 11.4 Å². The number of aromatic nitrogens is 3. The van der Waals surface area contributed by atoms with Crippen molar-refractivity contribution >= 4 is 5.69 Å². The summed E-state index contributed by atoms with van der Waals surface area (Å²) < 4.78 is 1.75. The number of nitrogens with zero attached hydrogens (tertiary/aromatic N) is 6. The SMILES string of the molecule is C#CCN1CCN(Cn2cnc(-c3cccc([N+](=O)[O-])c3)n2)CC1. The van der Waals surface area contributed by atoms with Crippen LogP contribution in [-0.2, 0) is 6.67 Å². The van der Waals surface area contributed by atoms with Gasteiger partial charge in [-0.2, -0.15) is 0 Å². The molecular weight excluding hydrogens is 308 g/mol. The Bertz CT molecular complexity index is 758. The molecule has 0 bridgehead atoms. The molecule has 1 aromatic heterocycles. The number of hydrogen-bond acceptors (Lipinski definition) is 6. The number of rotatable bonds is 5. The maximum atomic E-state index is 10.9. The first-order chi connectivity index (χ1) is 11.7. The lowest BCUT2D eigenvalue weighted by atomic mass is 10.2. The van der Waals surface area contributed by atoms with E-state index < -0.39 is 4.92 Å². The van der Waals surface area contributed by atoms with Crippen LogP contribution in [0.3, 0.4) is 0 Å². The smallest absolute Gasteiger partial charge is 0.270 e. The van der Waals surface area contributed by atoms with Crippen LogP contribution in [-0.4, -0.2) is 62.2 Å². The first-order valence-corrected chi connectivity index (χ1v) is 7.68. The number of terminal acetylenes is 1. The predicted molar refractivity (Wildman–Crippen MR) is 89.0 cm³/mol. The fourth-order valence-corrected chi connectivity index (χ4v) is 2.68. The van der Waals surface area contributed by atoms with Crippen molar-refractivity contribution in [1.82, 2.24) is 24.6 Å². The molecule has 1 aliphatic rings. The molecule has 8 nitrogen and oxygen atoms in total. The Morgan fingerprint density at radius 2 is 2.00 bits per heavy atom. The summed E-state index contributed by atoms with van der Waals surface area (Å²) in [7, 11) is 0. The highest BCUT2D eigenvalue weighted by atomic mass is 16.6. The van der Waals surface area contributed by atoms with Gasteiger partial charge in [0.2, 0.25) is 0 Å². The third kappa shape index (κ3) is 3.76. The Hall–Kier alpha value is -2.76. The van der Waals surface area contributed by atoms with Gasteiger partial charge in [-0.3, -0.25) is 19.9 Å². The van der Waals surface area contributed by atoms with Gasteiger partial charge in [0.05, 0.1) is 18.1 Å². The van der Waals surface area contributed by atoms with E-state index in [0.717, 1.165) is 26.2 Å². The van der Waals surface area contributed by atoms with E-state index in [-0.39, 0.29) is 5.69 Å². The molecule has 1 aliphatic heterocycles. The normalized spacial score (nSPS) is 16.0. The molecule has 1 saturated heterocycles. The monoisotopic (exact) mass is 326 g/mol. The molecule has 0 spiro atoms. The Balaban J connectivity index is 1.63. The Morgan fingerprint density at radius 3 is 2.71 bits per heavy atom. The van der Waals surface area contributed by atoms with Gasteiger partial charge in [-0.05, 0) is 0 Å². The minimum Gasteiger partial charge on any atom is -0.290 e. The van der Waals surface area contributed by atoms with Crippen molar-refractivity contribution in [2.75, 3.05) is 32.7 Å². The van der Waals surface area contributed by atoms with Gasteiger partial charge >= 0.3 is 0 Å². The van der Waals surface area contributed by atoms with Crippen LogP contribution in [0, 0.1) is 22.5 Å². The highest BCUT2D eigenvalue weighted by Gasteiger charge is 2.17. The van der Waals surface area contributed by atoms with Gasteiger partial charge in [0, 0.05) is 43.9 Å². The van der Waals surface area contributed by atoms with Crippen LogP contribution < -0.4 is 0 Å². The predicted octanol–water partition coefficient (Wildman–Crippen LogP) is 1.06. The molecule has 0 aliphatic carbocycles.